The molecule has 6 heteroatoms. The molecule has 0 aliphatic carbocycles. The third-order valence-corrected chi connectivity index (χ3v) is 4.60. The molecule has 1 saturated heterocycles. The molecule has 1 aliphatic heterocycles. The first-order valence-corrected chi connectivity index (χ1v) is 9.43. The average Bonchev–Trinajstić information content (AvgIpc) is 2.71. The Morgan fingerprint density at radius 3 is 2.79 bits per heavy atom. The summed E-state index contributed by atoms with van der Waals surface area (Å²) in [5, 5.41) is 2.83. The highest BCUT2D eigenvalue weighted by Crippen LogP contribution is 2.17. The van der Waals surface area contributed by atoms with Crippen molar-refractivity contribution in [1.82, 2.24) is 15.2 Å². The lowest BCUT2D eigenvalue weighted by atomic mass is 9.99. The predicted molar refractivity (Wildman–Crippen MR) is 107 cm³/mol. The summed E-state index contributed by atoms with van der Waals surface area (Å²) in [6.45, 7) is 5.37. The number of carbonyl (C=O) groups is 2. The van der Waals surface area contributed by atoms with Crippen LogP contribution in [0.1, 0.15) is 25.0 Å². The lowest BCUT2D eigenvalue weighted by molar-refractivity contribution is -0.141. The van der Waals surface area contributed by atoms with Crippen molar-refractivity contribution in [3.8, 4) is 5.75 Å². The maximum atomic E-state index is 12.6. The standard InChI is InChI=1S/C22H25N3O3/c1-16(2)21-22(27)24-12-13-25(21)20(26)10-7-17-5-8-19(9-6-17)28-15-18-4-3-11-23-14-18/h3-11,14,16,21H,12-13,15H2,1-2H3,(H,24,27). The number of nitrogens with zero attached hydrogens (tertiary/aromatic N) is 2. The van der Waals surface area contributed by atoms with E-state index in [2.05, 4.69) is 10.3 Å². The van der Waals surface area contributed by atoms with Crippen LogP contribution >= 0.6 is 0 Å². The van der Waals surface area contributed by atoms with Gasteiger partial charge in [0.2, 0.25) is 11.8 Å². The third kappa shape index (κ3) is 4.97. The number of benzene rings is 1. The highest BCUT2D eigenvalue weighted by Gasteiger charge is 2.34. The van der Waals surface area contributed by atoms with Gasteiger partial charge in [-0.25, -0.2) is 0 Å². The van der Waals surface area contributed by atoms with Crippen LogP contribution in [0.15, 0.2) is 54.9 Å². The normalized spacial score (nSPS) is 17.0. The molecule has 0 bridgehead atoms. The van der Waals surface area contributed by atoms with E-state index in [-0.39, 0.29) is 17.7 Å². The van der Waals surface area contributed by atoms with E-state index in [0.29, 0.717) is 19.7 Å². The summed E-state index contributed by atoms with van der Waals surface area (Å²) < 4.78 is 5.74. The van der Waals surface area contributed by atoms with E-state index >= 15 is 0 Å². The quantitative estimate of drug-likeness (QED) is 0.784. The van der Waals surface area contributed by atoms with Crippen molar-refractivity contribution in [2.45, 2.75) is 26.5 Å². The van der Waals surface area contributed by atoms with Gasteiger partial charge in [-0.2, -0.15) is 0 Å². The Morgan fingerprint density at radius 1 is 1.32 bits per heavy atom. The molecule has 2 amide bonds. The molecular weight excluding hydrogens is 354 g/mol. The number of rotatable bonds is 6. The molecule has 0 spiro atoms. The largest absolute Gasteiger partial charge is 0.489 e. The molecule has 2 heterocycles. The maximum absolute atomic E-state index is 12.6. The van der Waals surface area contributed by atoms with Crippen molar-refractivity contribution in [1.29, 1.82) is 0 Å². The lowest BCUT2D eigenvalue weighted by Gasteiger charge is -2.36. The fourth-order valence-corrected chi connectivity index (χ4v) is 3.18. The van der Waals surface area contributed by atoms with Crippen molar-refractivity contribution < 1.29 is 14.3 Å². The Bertz CT molecular complexity index is 832. The van der Waals surface area contributed by atoms with Crippen molar-refractivity contribution in [2.24, 2.45) is 5.92 Å². The number of nitrogens with one attached hydrogen (secondary N) is 1. The Balaban J connectivity index is 1.59. The van der Waals surface area contributed by atoms with E-state index in [9.17, 15) is 9.59 Å². The minimum absolute atomic E-state index is 0.0638. The summed E-state index contributed by atoms with van der Waals surface area (Å²) in [5.41, 5.74) is 1.90. The number of carbonyl (C=O) groups excluding carboxylic acids is 2. The van der Waals surface area contributed by atoms with Gasteiger partial charge in [-0.1, -0.05) is 32.0 Å². The van der Waals surface area contributed by atoms with Crippen molar-refractivity contribution in [2.75, 3.05) is 13.1 Å². The smallest absolute Gasteiger partial charge is 0.247 e. The summed E-state index contributed by atoms with van der Waals surface area (Å²) in [7, 11) is 0. The first-order chi connectivity index (χ1) is 13.5. The first kappa shape index (κ1) is 19.6. The zero-order chi connectivity index (χ0) is 19.9. The van der Waals surface area contributed by atoms with Crippen LogP contribution in [0.4, 0.5) is 0 Å². The van der Waals surface area contributed by atoms with Crippen molar-refractivity contribution in [3.63, 3.8) is 0 Å². The molecule has 1 atom stereocenters. The fraction of sp³-hybridized carbons (Fsp3) is 0.318. The second kappa shape index (κ2) is 9.17. The van der Waals surface area contributed by atoms with Gasteiger partial charge in [0.05, 0.1) is 0 Å². The number of piperazine rings is 1. The topological polar surface area (TPSA) is 71.5 Å². The first-order valence-electron chi connectivity index (χ1n) is 9.43. The lowest BCUT2D eigenvalue weighted by Crippen LogP contribution is -2.58. The van der Waals surface area contributed by atoms with Crippen LogP contribution in [0, 0.1) is 5.92 Å². The fourth-order valence-electron chi connectivity index (χ4n) is 3.18. The van der Waals surface area contributed by atoms with Gasteiger partial charge in [0.1, 0.15) is 18.4 Å². The van der Waals surface area contributed by atoms with E-state index in [0.717, 1.165) is 16.9 Å². The van der Waals surface area contributed by atoms with Crippen LogP contribution in [0.3, 0.4) is 0 Å². The Morgan fingerprint density at radius 2 is 2.11 bits per heavy atom. The second-order valence-corrected chi connectivity index (χ2v) is 7.06. The molecule has 3 rings (SSSR count). The summed E-state index contributed by atoms with van der Waals surface area (Å²) in [5.74, 6) is 0.581. The molecule has 1 N–H and O–H groups in total. The SMILES string of the molecule is CC(C)C1C(=O)NCCN1C(=O)C=Cc1ccc(OCc2cccnc2)cc1. The molecule has 1 aromatic heterocycles. The number of aromatic nitrogens is 1. The Hall–Kier alpha value is -3.15. The van der Waals surface area contributed by atoms with Gasteiger partial charge in [0.25, 0.3) is 0 Å². The van der Waals surface area contributed by atoms with Gasteiger partial charge in [-0.05, 0) is 35.8 Å². The molecule has 1 aromatic carbocycles. The van der Waals surface area contributed by atoms with Gasteiger partial charge in [-0.15, -0.1) is 0 Å². The third-order valence-electron chi connectivity index (χ3n) is 4.60. The van der Waals surface area contributed by atoms with Gasteiger partial charge in [0, 0.05) is 37.1 Å². The van der Waals surface area contributed by atoms with Crippen LogP contribution in [-0.2, 0) is 16.2 Å². The molecule has 0 saturated carbocycles. The van der Waals surface area contributed by atoms with Crippen molar-refractivity contribution in [3.05, 3.63) is 66.0 Å². The highest BCUT2D eigenvalue weighted by molar-refractivity contribution is 5.96. The monoisotopic (exact) mass is 379 g/mol. The van der Waals surface area contributed by atoms with Gasteiger partial charge >= 0.3 is 0 Å². The summed E-state index contributed by atoms with van der Waals surface area (Å²) >= 11 is 0. The van der Waals surface area contributed by atoms with Crippen molar-refractivity contribution >= 4 is 17.9 Å². The number of amides is 2. The van der Waals surface area contributed by atoms with Crippen LogP contribution in [0.25, 0.3) is 6.08 Å². The molecule has 1 unspecified atom stereocenters. The number of pyridine rings is 1. The van der Waals surface area contributed by atoms with Gasteiger partial charge in [-0.3, -0.25) is 14.6 Å². The highest BCUT2D eigenvalue weighted by atomic mass is 16.5. The molecule has 6 nitrogen and oxygen atoms in total. The average molecular weight is 379 g/mol. The Kier molecular flexibility index (Phi) is 6.42. The molecule has 1 fully saturated rings. The number of hydrogen-bond acceptors (Lipinski definition) is 4. The van der Waals surface area contributed by atoms with Crippen LogP contribution in [-0.4, -0.2) is 40.8 Å². The number of ether oxygens (including phenoxy) is 1. The van der Waals surface area contributed by atoms with E-state index in [1.807, 2.05) is 50.2 Å². The zero-order valence-corrected chi connectivity index (χ0v) is 16.2. The molecular formula is C22H25N3O3. The molecule has 2 aromatic rings. The van der Waals surface area contributed by atoms with Crippen LogP contribution in [0.5, 0.6) is 5.75 Å². The predicted octanol–water partition coefficient (Wildman–Crippen LogP) is 2.66. The summed E-state index contributed by atoms with van der Waals surface area (Å²) in [6, 6.07) is 10.9. The van der Waals surface area contributed by atoms with E-state index in [4.69, 9.17) is 4.74 Å². The maximum Gasteiger partial charge on any atom is 0.247 e. The second-order valence-electron chi connectivity index (χ2n) is 7.06. The van der Waals surface area contributed by atoms with E-state index in [1.54, 1.807) is 23.4 Å². The van der Waals surface area contributed by atoms with E-state index in [1.165, 1.54) is 6.08 Å². The molecule has 146 valence electrons. The molecule has 28 heavy (non-hydrogen) atoms. The molecule has 0 radical (unpaired) electrons. The van der Waals surface area contributed by atoms with Gasteiger partial charge in [0.15, 0.2) is 0 Å². The summed E-state index contributed by atoms with van der Waals surface area (Å²) in [6.07, 6.45) is 6.79. The summed E-state index contributed by atoms with van der Waals surface area (Å²) in [4.78, 5) is 30.4. The minimum atomic E-state index is -0.422. The minimum Gasteiger partial charge on any atom is -0.489 e. The zero-order valence-electron chi connectivity index (χ0n) is 16.2. The van der Waals surface area contributed by atoms with Crippen LogP contribution in [0.2, 0.25) is 0 Å². The number of hydrogen-bond donors (Lipinski definition) is 1. The Labute approximate surface area is 165 Å². The molecule has 1 aliphatic rings. The van der Waals surface area contributed by atoms with E-state index < -0.39 is 6.04 Å². The van der Waals surface area contributed by atoms with Gasteiger partial charge < -0.3 is 15.0 Å². The van der Waals surface area contributed by atoms with Crippen LogP contribution < -0.4 is 10.1 Å².